The molecule has 1 aromatic heterocycles. The Bertz CT molecular complexity index is 1730. The molecule has 9 heteroatoms. The van der Waals surface area contributed by atoms with Crippen molar-refractivity contribution in [3.05, 3.63) is 115 Å². The first-order valence-electron chi connectivity index (χ1n) is 11.9. The van der Waals surface area contributed by atoms with E-state index in [1.54, 1.807) is 61.2 Å². The molecule has 4 aromatic carbocycles. The first-order valence-corrected chi connectivity index (χ1v) is 13.3. The largest absolute Gasteiger partial charge is 0.325 e. The van der Waals surface area contributed by atoms with Crippen molar-refractivity contribution in [2.24, 2.45) is 0 Å². The van der Waals surface area contributed by atoms with Gasteiger partial charge >= 0.3 is 0 Å². The van der Waals surface area contributed by atoms with Gasteiger partial charge in [-0.3, -0.25) is 9.10 Å². The second-order valence-electron chi connectivity index (χ2n) is 8.89. The molecule has 5 aromatic rings. The van der Waals surface area contributed by atoms with Gasteiger partial charge in [-0.25, -0.2) is 17.8 Å². The minimum atomic E-state index is -4.26. The molecule has 0 atom stereocenters. The molecule has 0 saturated heterocycles. The zero-order valence-electron chi connectivity index (χ0n) is 20.8. The van der Waals surface area contributed by atoms with Gasteiger partial charge in [-0.1, -0.05) is 36.4 Å². The number of nitrogens with one attached hydrogen (secondary N) is 1. The summed E-state index contributed by atoms with van der Waals surface area (Å²) in [4.78, 5) is 17.2. The average molecular weight is 529 g/mol. The Morgan fingerprint density at radius 2 is 1.68 bits per heavy atom. The number of amides is 1. The SMILES string of the molecule is Cc1cccc(N(CC(=O)Nc2ccc(-n3ccnc3)cc2)S(=O)(=O)c2ccc(F)c3ccccc23)c1C. The van der Waals surface area contributed by atoms with Gasteiger partial charge in [-0.2, -0.15) is 0 Å². The molecule has 0 aliphatic heterocycles. The summed E-state index contributed by atoms with van der Waals surface area (Å²) in [5.41, 5.74) is 3.36. The number of imidazole rings is 1. The summed E-state index contributed by atoms with van der Waals surface area (Å²) in [6, 6.07) is 21.2. The smallest absolute Gasteiger partial charge is 0.265 e. The number of hydrogen-bond acceptors (Lipinski definition) is 4. The van der Waals surface area contributed by atoms with Gasteiger partial charge in [0, 0.05) is 34.5 Å². The molecule has 1 N–H and O–H groups in total. The third-order valence-electron chi connectivity index (χ3n) is 6.48. The molecule has 192 valence electrons. The number of aryl methyl sites for hydroxylation is 1. The maximum atomic E-state index is 14.5. The molecular weight excluding hydrogens is 503 g/mol. The number of halogens is 1. The molecule has 0 radical (unpaired) electrons. The lowest BCUT2D eigenvalue weighted by Crippen LogP contribution is -2.38. The molecule has 0 unspecified atom stereocenters. The van der Waals surface area contributed by atoms with Crippen LogP contribution in [0.3, 0.4) is 0 Å². The second kappa shape index (κ2) is 10.1. The van der Waals surface area contributed by atoms with Crippen LogP contribution in [-0.2, 0) is 14.8 Å². The van der Waals surface area contributed by atoms with E-state index in [4.69, 9.17) is 0 Å². The average Bonchev–Trinajstić information content (AvgIpc) is 3.45. The topological polar surface area (TPSA) is 84.3 Å². The Labute approximate surface area is 220 Å². The standard InChI is InChI=1S/C29H25FN4O3S/c1-20-6-5-9-27(21(20)2)34(38(36,37)28-15-14-26(30)24-7-3-4-8-25(24)28)18-29(35)32-22-10-12-23(13-11-22)33-17-16-31-19-33/h3-17,19H,18H2,1-2H3,(H,32,35). The minimum absolute atomic E-state index is 0.0760. The number of anilines is 2. The molecule has 7 nitrogen and oxygen atoms in total. The highest BCUT2D eigenvalue weighted by Crippen LogP contribution is 2.32. The first kappa shape index (κ1) is 25.2. The summed E-state index contributed by atoms with van der Waals surface area (Å²) >= 11 is 0. The van der Waals surface area contributed by atoms with Crippen LogP contribution >= 0.6 is 0 Å². The van der Waals surface area contributed by atoms with Crippen LogP contribution < -0.4 is 9.62 Å². The summed E-state index contributed by atoms with van der Waals surface area (Å²) < 4.78 is 45.6. The Kier molecular flexibility index (Phi) is 6.69. The fourth-order valence-corrected chi connectivity index (χ4v) is 6.02. The van der Waals surface area contributed by atoms with Crippen LogP contribution in [0.2, 0.25) is 0 Å². The van der Waals surface area contributed by atoms with Gasteiger partial charge in [0.25, 0.3) is 10.0 Å². The summed E-state index contributed by atoms with van der Waals surface area (Å²) in [5, 5.41) is 3.23. The van der Waals surface area contributed by atoms with E-state index in [0.717, 1.165) is 27.2 Å². The van der Waals surface area contributed by atoms with Gasteiger partial charge in [0.15, 0.2) is 0 Å². The van der Waals surface area contributed by atoms with Gasteiger partial charge in [-0.15, -0.1) is 0 Å². The van der Waals surface area contributed by atoms with Crippen molar-refractivity contribution < 1.29 is 17.6 Å². The predicted octanol–water partition coefficient (Wildman–Crippen LogP) is 5.62. The number of fused-ring (bicyclic) bond motifs is 1. The first-order chi connectivity index (χ1) is 18.3. The summed E-state index contributed by atoms with van der Waals surface area (Å²) in [5.74, 6) is -1.04. The lowest BCUT2D eigenvalue weighted by Gasteiger charge is -2.27. The van der Waals surface area contributed by atoms with Gasteiger partial charge in [0.1, 0.15) is 12.4 Å². The van der Waals surface area contributed by atoms with Crippen LogP contribution in [0, 0.1) is 19.7 Å². The molecule has 1 amide bonds. The van der Waals surface area contributed by atoms with Crippen molar-refractivity contribution in [2.45, 2.75) is 18.7 Å². The second-order valence-corrected chi connectivity index (χ2v) is 10.7. The molecule has 0 fully saturated rings. The summed E-state index contributed by atoms with van der Waals surface area (Å²) in [6.07, 6.45) is 5.14. The Morgan fingerprint density at radius 1 is 0.947 bits per heavy atom. The van der Waals surface area contributed by atoms with Crippen molar-refractivity contribution >= 4 is 38.1 Å². The van der Waals surface area contributed by atoms with E-state index in [1.807, 2.05) is 36.6 Å². The van der Waals surface area contributed by atoms with E-state index in [1.165, 1.54) is 12.1 Å². The van der Waals surface area contributed by atoms with E-state index >= 15 is 0 Å². The van der Waals surface area contributed by atoms with E-state index in [9.17, 15) is 17.6 Å². The molecule has 38 heavy (non-hydrogen) atoms. The maximum Gasteiger partial charge on any atom is 0.265 e. The molecule has 1 heterocycles. The fraction of sp³-hybridized carbons (Fsp3) is 0.103. The van der Waals surface area contributed by atoms with Crippen LogP contribution in [0.15, 0.2) is 102 Å². The molecule has 0 spiro atoms. The molecule has 0 aliphatic rings. The van der Waals surface area contributed by atoms with Crippen molar-refractivity contribution in [2.75, 3.05) is 16.2 Å². The highest BCUT2D eigenvalue weighted by molar-refractivity contribution is 7.93. The van der Waals surface area contributed by atoms with Crippen LogP contribution in [0.25, 0.3) is 16.5 Å². The molecular formula is C29H25FN4O3S. The van der Waals surface area contributed by atoms with E-state index in [-0.39, 0.29) is 15.7 Å². The van der Waals surface area contributed by atoms with Crippen LogP contribution in [-0.4, -0.2) is 30.4 Å². The summed E-state index contributed by atoms with van der Waals surface area (Å²) in [7, 11) is -4.26. The van der Waals surface area contributed by atoms with Crippen LogP contribution in [0.5, 0.6) is 0 Å². The number of nitrogens with zero attached hydrogens (tertiary/aromatic N) is 3. The lowest BCUT2D eigenvalue weighted by molar-refractivity contribution is -0.114. The number of aromatic nitrogens is 2. The maximum absolute atomic E-state index is 14.5. The van der Waals surface area contributed by atoms with E-state index in [2.05, 4.69) is 10.3 Å². The highest BCUT2D eigenvalue weighted by atomic mass is 32.2. The Balaban J connectivity index is 1.51. The van der Waals surface area contributed by atoms with Gasteiger partial charge < -0.3 is 9.88 Å². The lowest BCUT2D eigenvalue weighted by atomic mass is 10.1. The number of benzene rings is 4. The van der Waals surface area contributed by atoms with Crippen molar-refractivity contribution in [3.8, 4) is 5.69 Å². The monoisotopic (exact) mass is 528 g/mol. The molecule has 0 saturated carbocycles. The number of sulfonamides is 1. The van der Waals surface area contributed by atoms with Crippen molar-refractivity contribution in [1.82, 2.24) is 9.55 Å². The number of rotatable bonds is 7. The minimum Gasteiger partial charge on any atom is -0.325 e. The van der Waals surface area contributed by atoms with Gasteiger partial charge in [-0.05, 0) is 67.4 Å². The van der Waals surface area contributed by atoms with Crippen LogP contribution in [0.4, 0.5) is 15.8 Å². The van der Waals surface area contributed by atoms with Crippen molar-refractivity contribution in [3.63, 3.8) is 0 Å². The molecule has 5 rings (SSSR count). The van der Waals surface area contributed by atoms with Gasteiger partial charge in [0.05, 0.1) is 16.9 Å². The fourth-order valence-electron chi connectivity index (χ4n) is 4.34. The quantitative estimate of drug-likeness (QED) is 0.297. The Morgan fingerprint density at radius 3 is 2.39 bits per heavy atom. The van der Waals surface area contributed by atoms with E-state index in [0.29, 0.717) is 11.4 Å². The molecule has 0 aliphatic carbocycles. The highest BCUT2D eigenvalue weighted by Gasteiger charge is 2.30. The van der Waals surface area contributed by atoms with E-state index < -0.39 is 28.3 Å². The van der Waals surface area contributed by atoms with Crippen LogP contribution in [0.1, 0.15) is 11.1 Å². The normalized spacial score (nSPS) is 11.4. The predicted molar refractivity (Wildman–Crippen MR) is 147 cm³/mol. The number of hydrogen-bond donors (Lipinski definition) is 1. The number of carbonyl (C=O) groups is 1. The number of carbonyl (C=O) groups excluding carboxylic acids is 1. The van der Waals surface area contributed by atoms with Crippen molar-refractivity contribution in [1.29, 1.82) is 0 Å². The summed E-state index contributed by atoms with van der Waals surface area (Å²) in [6.45, 7) is 3.21. The van der Waals surface area contributed by atoms with Gasteiger partial charge in [0.2, 0.25) is 5.91 Å². The zero-order valence-corrected chi connectivity index (χ0v) is 21.6. The Hall–Kier alpha value is -4.50. The third kappa shape index (κ3) is 4.76. The zero-order chi connectivity index (χ0) is 26.9. The molecule has 0 bridgehead atoms. The third-order valence-corrected chi connectivity index (χ3v) is 8.30.